The number of aryl methyl sites for hydroxylation is 2. The van der Waals surface area contributed by atoms with Crippen molar-refractivity contribution in [2.45, 2.75) is 70.6 Å². The van der Waals surface area contributed by atoms with Gasteiger partial charge in [0.2, 0.25) is 0 Å². The molecular weight excluding hydrogens is 260 g/mol. The number of benzene rings is 1. The molecule has 116 valence electrons. The molecule has 1 aromatic rings. The van der Waals surface area contributed by atoms with Crippen molar-refractivity contribution in [3.8, 4) is 5.75 Å². The molecule has 21 heavy (non-hydrogen) atoms. The van der Waals surface area contributed by atoms with E-state index < -0.39 is 0 Å². The monoisotopic (exact) mass is 288 g/mol. The number of fused-ring (bicyclic) bond motifs is 2. The van der Waals surface area contributed by atoms with Crippen molar-refractivity contribution in [3.05, 3.63) is 28.8 Å². The van der Waals surface area contributed by atoms with Gasteiger partial charge in [-0.1, -0.05) is 18.6 Å². The van der Waals surface area contributed by atoms with Gasteiger partial charge in [-0.15, -0.1) is 0 Å². The van der Waals surface area contributed by atoms with Crippen LogP contribution in [0.25, 0.3) is 0 Å². The highest BCUT2D eigenvalue weighted by atomic mass is 16.3. The Morgan fingerprint density at radius 1 is 1.14 bits per heavy atom. The lowest BCUT2D eigenvalue weighted by atomic mass is 9.82. The quantitative estimate of drug-likeness (QED) is 0.897. The molecule has 0 amide bonds. The Morgan fingerprint density at radius 2 is 1.71 bits per heavy atom. The molecule has 0 spiro atoms. The zero-order chi connectivity index (χ0) is 15.0. The number of hydrogen-bond donors (Lipinski definition) is 2. The maximum Gasteiger partial charge on any atom is 0.121 e. The van der Waals surface area contributed by atoms with Gasteiger partial charge in [0.15, 0.2) is 0 Å². The van der Waals surface area contributed by atoms with Crippen molar-refractivity contribution in [2.24, 2.45) is 0 Å². The fourth-order valence-electron chi connectivity index (χ4n) is 4.19. The molecule has 3 nitrogen and oxygen atoms in total. The highest BCUT2D eigenvalue weighted by molar-refractivity contribution is 5.42. The summed E-state index contributed by atoms with van der Waals surface area (Å²) in [7, 11) is 2.30. The first-order valence-corrected chi connectivity index (χ1v) is 8.29. The predicted molar refractivity (Wildman–Crippen MR) is 86.6 cm³/mol. The number of nitrogens with one attached hydrogen (secondary N) is 1. The van der Waals surface area contributed by atoms with Gasteiger partial charge in [-0.3, -0.25) is 0 Å². The second-order valence-electron chi connectivity index (χ2n) is 7.03. The van der Waals surface area contributed by atoms with Crippen LogP contribution < -0.4 is 5.32 Å². The van der Waals surface area contributed by atoms with E-state index >= 15 is 0 Å². The van der Waals surface area contributed by atoms with Gasteiger partial charge in [0.1, 0.15) is 5.75 Å². The van der Waals surface area contributed by atoms with E-state index in [0.29, 0.717) is 11.8 Å². The van der Waals surface area contributed by atoms with Crippen molar-refractivity contribution in [3.63, 3.8) is 0 Å². The van der Waals surface area contributed by atoms with Gasteiger partial charge in [-0.25, -0.2) is 0 Å². The van der Waals surface area contributed by atoms with E-state index in [-0.39, 0.29) is 0 Å². The first kappa shape index (κ1) is 14.9. The van der Waals surface area contributed by atoms with Crippen LogP contribution in [-0.2, 0) is 6.54 Å². The standard InChI is InChI=1S/C18H28N2O/c1-12-7-14(8-13(2)18(12)21)11-19-15-9-16-5-4-6-17(10-15)20(16)3/h7-8,15-17,19,21H,4-6,9-11H2,1-3H3. The van der Waals surface area contributed by atoms with E-state index in [9.17, 15) is 5.11 Å². The summed E-state index contributed by atoms with van der Waals surface area (Å²) in [6, 6.07) is 6.40. The third kappa shape index (κ3) is 3.09. The van der Waals surface area contributed by atoms with Crippen LogP contribution in [0.1, 0.15) is 48.8 Å². The summed E-state index contributed by atoms with van der Waals surface area (Å²) in [6.45, 7) is 4.87. The third-order valence-electron chi connectivity index (χ3n) is 5.49. The van der Waals surface area contributed by atoms with Crippen molar-refractivity contribution in [1.82, 2.24) is 10.2 Å². The summed E-state index contributed by atoms with van der Waals surface area (Å²) >= 11 is 0. The topological polar surface area (TPSA) is 35.5 Å². The molecule has 2 atom stereocenters. The second-order valence-corrected chi connectivity index (χ2v) is 7.03. The number of nitrogens with zero attached hydrogens (tertiary/aromatic N) is 1. The number of phenolic OH excluding ortho intramolecular Hbond substituents is 1. The van der Waals surface area contributed by atoms with E-state index in [2.05, 4.69) is 29.4 Å². The Kier molecular flexibility index (Phi) is 4.23. The van der Waals surface area contributed by atoms with Crippen molar-refractivity contribution < 1.29 is 5.11 Å². The maximum atomic E-state index is 9.86. The molecule has 2 N–H and O–H groups in total. The van der Waals surface area contributed by atoms with Gasteiger partial charge >= 0.3 is 0 Å². The second kappa shape index (κ2) is 5.98. The molecule has 0 aromatic heterocycles. The lowest BCUT2D eigenvalue weighted by Gasteiger charge is -2.47. The zero-order valence-electron chi connectivity index (χ0n) is 13.5. The largest absolute Gasteiger partial charge is 0.507 e. The molecule has 2 fully saturated rings. The Labute approximate surface area is 128 Å². The fraction of sp³-hybridized carbons (Fsp3) is 0.667. The molecule has 2 aliphatic heterocycles. The molecule has 2 bridgehead atoms. The van der Waals surface area contributed by atoms with Crippen LogP contribution in [0.15, 0.2) is 12.1 Å². The Balaban J connectivity index is 1.61. The summed E-state index contributed by atoms with van der Waals surface area (Å²) < 4.78 is 0. The van der Waals surface area contributed by atoms with Crippen LogP contribution in [-0.4, -0.2) is 35.2 Å². The number of phenols is 1. The molecule has 1 aromatic carbocycles. The first-order chi connectivity index (χ1) is 10.0. The summed E-state index contributed by atoms with van der Waals surface area (Å²) in [5, 5.41) is 13.6. The number of piperidine rings is 2. The van der Waals surface area contributed by atoms with Crippen LogP contribution in [0, 0.1) is 13.8 Å². The minimum atomic E-state index is 0.438. The van der Waals surface area contributed by atoms with Crippen molar-refractivity contribution in [1.29, 1.82) is 0 Å². The van der Waals surface area contributed by atoms with Crippen molar-refractivity contribution in [2.75, 3.05) is 7.05 Å². The summed E-state index contributed by atoms with van der Waals surface area (Å²) in [6.07, 6.45) is 6.69. The van der Waals surface area contributed by atoms with Crippen LogP contribution >= 0.6 is 0 Å². The van der Waals surface area contributed by atoms with E-state index in [1.54, 1.807) is 0 Å². The molecule has 3 rings (SSSR count). The Bertz CT molecular complexity index is 477. The van der Waals surface area contributed by atoms with Crippen LogP contribution in [0.2, 0.25) is 0 Å². The van der Waals surface area contributed by atoms with Gasteiger partial charge in [0.25, 0.3) is 0 Å². The molecule has 2 unspecified atom stereocenters. The molecule has 2 saturated heterocycles. The van der Waals surface area contributed by atoms with Gasteiger partial charge in [-0.05, 0) is 63.3 Å². The van der Waals surface area contributed by atoms with E-state index in [4.69, 9.17) is 0 Å². The maximum absolute atomic E-state index is 9.86. The predicted octanol–water partition coefficient (Wildman–Crippen LogP) is 3.11. The number of hydrogen-bond acceptors (Lipinski definition) is 3. The SMILES string of the molecule is Cc1cc(CNC2CC3CCCC(C2)N3C)cc(C)c1O. The molecular formula is C18H28N2O. The molecule has 0 aliphatic carbocycles. The highest BCUT2D eigenvalue weighted by Crippen LogP contribution is 2.32. The number of aromatic hydroxyl groups is 1. The van der Waals surface area contributed by atoms with E-state index in [1.165, 1.54) is 37.7 Å². The lowest BCUT2D eigenvalue weighted by Crippen LogP contribution is -2.54. The van der Waals surface area contributed by atoms with Crippen LogP contribution in [0.5, 0.6) is 5.75 Å². The van der Waals surface area contributed by atoms with E-state index in [1.807, 2.05) is 13.8 Å². The van der Waals surface area contributed by atoms with Gasteiger partial charge < -0.3 is 15.3 Å². The molecule has 0 saturated carbocycles. The third-order valence-corrected chi connectivity index (χ3v) is 5.49. The van der Waals surface area contributed by atoms with Gasteiger partial charge in [0, 0.05) is 24.7 Å². The average Bonchev–Trinajstić information content (AvgIpc) is 2.43. The molecule has 3 heteroatoms. The van der Waals surface area contributed by atoms with Crippen LogP contribution in [0.4, 0.5) is 0 Å². The first-order valence-electron chi connectivity index (χ1n) is 8.29. The minimum absolute atomic E-state index is 0.438. The minimum Gasteiger partial charge on any atom is -0.507 e. The van der Waals surface area contributed by atoms with Gasteiger partial charge in [0.05, 0.1) is 0 Å². The normalized spacial score (nSPS) is 29.6. The zero-order valence-corrected chi connectivity index (χ0v) is 13.5. The molecule has 0 radical (unpaired) electrons. The smallest absolute Gasteiger partial charge is 0.121 e. The lowest BCUT2D eigenvalue weighted by molar-refractivity contribution is 0.0482. The number of rotatable bonds is 3. The summed E-state index contributed by atoms with van der Waals surface area (Å²) in [5.74, 6) is 0.438. The molecule has 2 aliphatic rings. The Morgan fingerprint density at radius 3 is 2.29 bits per heavy atom. The fourth-order valence-corrected chi connectivity index (χ4v) is 4.19. The summed E-state index contributed by atoms with van der Waals surface area (Å²) in [5.41, 5.74) is 3.24. The van der Waals surface area contributed by atoms with Gasteiger partial charge in [-0.2, -0.15) is 0 Å². The van der Waals surface area contributed by atoms with Crippen molar-refractivity contribution >= 4 is 0 Å². The summed E-state index contributed by atoms with van der Waals surface area (Å²) in [4.78, 5) is 2.61. The average molecular weight is 288 g/mol. The van der Waals surface area contributed by atoms with E-state index in [0.717, 1.165) is 29.8 Å². The Hall–Kier alpha value is -1.06. The highest BCUT2D eigenvalue weighted by Gasteiger charge is 2.35. The molecule has 2 heterocycles. The van der Waals surface area contributed by atoms with Crippen LogP contribution in [0.3, 0.4) is 0 Å².